The van der Waals surface area contributed by atoms with Crippen molar-refractivity contribution >= 4 is 17.3 Å². The fourth-order valence-electron chi connectivity index (χ4n) is 3.18. The van der Waals surface area contributed by atoms with E-state index in [9.17, 15) is 9.59 Å². The second-order valence-corrected chi connectivity index (χ2v) is 5.86. The van der Waals surface area contributed by atoms with Gasteiger partial charge >= 0.3 is 5.97 Å². The molecule has 0 saturated carbocycles. The number of ether oxygens (including phenoxy) is 2. The summed E-state index contributed by atoms with van der Waals surface area (Å²) in [6.07, 6.45) is 3.59. The Hall–Kier alpha value is -2.82. The summed E-state index contributed by atoms with van der Waals surface area (Å²) in [5, 5.41) is 0. The molecule has 0 amide bonds. The van der Waals surface area contributed by atoms with Gasteiger partial charge in [0.2, 0.25) is 0 Å². The number of ketones is 1. The predicted octanol–water partition coefficient (Wildman–Crippen LogP) is 3.61. The van der Waals surface area contributed by atoms with E-state index in [1.165, 1.54) is 6.08 Å². The largest absolute Gasteiger partial charge is 0.497 e. The Morgan fingerprint density at radius 2 is 2.00 bits per heavy atom. The van der Waals surface area contributed by atoms with Crippen molar-refractivity contribution in [1.29, 1.82) is 0 Å². The van der Waals surface area contributed by atoms with Gasteiger partial charge in [-0.05, 0) is 54.8 Å². The summed E-state index contributed by atoms with van der Waals surface area (Å²) >= 11 is 0. The van der Waals surface area contributed by atoms with Crippen LogP contribution in [0.2, 0.25) is 0 Å². The zero-order valence-corrected chi connectivity index (χ0v) is 14.2. The molecule has 0 radical (unpaired) electrons. The lowest BCUT2D eigenvalue weighted by molar-refractivity contribution is -0.151. The Morgan fingerprint density at radius 3 is 2.60 bits per heavy atom. The van der Waals surface area contributed by atoms with E-state index in [4.69, 9.17) is 13.9 Å². The molecule has 1 aliphatic carbocycles. The first-order valence-electron chi connectivity index (χ1n) is 8.23. The third-order valence-electron chi connectivity index (χ3n) is 4.39. The number of hydrogen-bond acceptors (Lipinski definition) is 5. The minimum absolute atomic E-state index is 0.243. The summed E-state index contributed by atoms with van der Waals surface area (Å²) in [5.41, 5.74) is 1.68. The highest BCUT2D eigenvalue weighted by molar-refractivity contribution is 6.10. The van der Waals surface area contributed by atoms with E-state index < -0.39 is 11.9 Å². The van der Waals surface area contributed by atoms with Gasteiger partial charge in [-0.15, -0.1) is 0 Å². The average molecular weight is 340 g/mol. The lowest BCUT2D eigenvalue weighted by Gasteiger charge is -2.28. The summed E-state index contributed by atoms with van der Waals surface area (Å²) in [6, 6.07) is 11.0. The van der Waals surface area contributed by atoms with Crippen LogP contribution in [0.1, 0.15) is 30.6 Å². The molecule has 1 aliphatic rings. The Balaban J connectivity index is 1.98. The molecule has 0 saturated heterocycles. The van der Waals surface area contributed by atoms with Gasteiger partial charge in [0.1, 0.15) is 17.4 Å². The topological polar surface area (TPSA) is 65.7 Å². The first kappa shape index (κ1) is 17.0. The number of methoxy groups -OCH3 is 1. The van der Waals surface area contributed by atoms with E-state index in [-0.39, 0.29) is 18.3 Å². The fourth-order valence-corrected chi connectivity index (χ4v) is 3.18. The van der Waals surface area contributed by atoms with Crippen molar-refractivity contribution in [3.63, 3.8) is 0 Å². The van der Waals surface area contributed by atoms with Crippen LogP contribution in [0, 0.1) is 5.92 Å². The highest BCUT2D eigenvalue weighted by atomic mass is 16.5. The van der Waals surface area contributed by atoms with Crippen molar-refractivity contribution in [2.45, 2.75) is 19.3 Å². The van der Waals surface area contributed by atoms with Crippen molar-refractivity contribution < 1.29 is 23.5 Å². The standard InChI is InChI=1S/C20H20O5/c1-3-24-20(22)19-16(13-6-8-15(23-2)9-7-13)11-14(12-17(19)21)18-5-4-10-25-18/h4-10,12,16,19H,3,11H2,1-2H3/t16-,19+/m1/s1. The van der Waals surface area contributed by atoms with Crippen LogP contribution >= 0.6 is 0 Å². The molecule has 0 N–H and O–H groups in total. The molecular formula is C20H20O5. The van der Waals surface area contributed by atoms with Crippen LogP contribution in [0.15, 0.2) is 53.2 Å². The molecule has 5 heteroatoms. The van der Waals surface area contributed by atoms with E-state index >= 15 is 0 Å². The van der Waals surface area contributed by atoms with Gasteiger partial charge in [-0.1, -0.05) is 12.1 Å². The molecule has 0 bridgehead atoms. The second kappa shape index (κ2) is 7.38. The number of rotatable bonds is 5. The van der Waals surface area contributed by atoms with Gasteiger partial charge in [0.15, 0.2) is 5.78 Å². The van der Waals surface area contributed by atoms with Crippen LogP contribution < -0.4 is 4.74 Å². The Kier molecular flexibility index (Phi) is 5.03. The van der Waals surface area contributed by atoms with E-state index in [1.807, 2.05) is 30.3 Å². The third-order valence-corrected chi connectivity index (χ3v) is 4.39. The van der Waals surface area contributed by atoms with Gasteiger partial charge < -0.3 is 13.9 Å². The number of carbonyl (C=O) groups is 2. The molecule has 1 heterocycles. The smallest absolute Gasteiger partial charge is 0.317 e. The minimum atomic E-state index is -0.841. The molecule has 0 aliphatic heterocycles. The van der Waals surface area contributed by atoms with E-state index in [0.717, 1.165) is 16.9 Å². The average Bonchev–Trinajstić information content (AvgIpc) is 3.16. The summed E-state index contributed by atoms with van der Waals surface area (Å²) in [5.74, 6) is -0.510. The molecule has 0 spiro atoms. The maximum Gasteiger partial charge on any atom is 0.317 e. The maximum absolute atomic E-state index is 12.7. The zero-order valence-electron chi connectivity index (χ0n) is 14.2. The van der Waals surface area contributed by atoms with Crippen LogP contribution in [0.4, 0.5) is 0 Å². The molecule has 3 rings (SSSR count). The molecule has 130 valence electrons. The Morgan fingerprint density at radius 1 is 1.24 bits per heavy atom. The monoisotopic (exact) mass is 340 g/mol. The molecule has 25 heavy (non-hydrogen) atoms. The van der Waals surface area contributed by atoms with Crippen molar-refractivity contribution in [3.05, 3.63) is 60.1 Å². The first-order chi connectivity index (χ1) is 12.1. The van der Waals surface area contributed by atoms with Crippen LogP contribution in [0.3, 0.4) is 0 Å². The number of furan rings is 1. The van der Waals surface area contributed by atoms with Gasteiger partial charge in [-0.2, -0.15) is 0 Å². The molecule has 0 unspecified atom stereocenters. The summed E-state index contributed by atoms with van der Waals surface area (Å²) in [6.45, 7) is 1.98. The number of allylic oxidation sites excluding steroid dienone is 2. The molecule has 2 atom stereocenters. The van der Waals surface area contributed by atoms with Crippen LogP contribution in [0.25, 0.3) is 5.57 Å². The number of hydrogen-bond donors (Lipinski definition) is 0. The Labute approximate surface area is 146 Å². The predicted molar refractivity (Wildman–Crippen MR) is 92.2 cm³/mol. The highest BCUT2D eigenvalue weighted by Crippen LogP contribution is 2.40. The van der Waals surface area contributed by atoms with Gasteiger partial charge in [0.05, 0.1) is 20.0 Å². The SMILES string of the molecule is CCOC(=O)[C@@H]1C(=O)C=C(c2ccco2)C[C@@H]1c1ccc(OC)cc1. The van der Waals surface area contributed by atoms with Crippen LogP contribution in [0.5, 0.6) is 5.75 Å². The minimum Gasteiger partial charge on any atom is -0.497 e. The van der Waals surface area contributed by atoms with Gasteiger partial charge in [0.25, 0.3) is 0 Å². The lowest BCUT2D eigenvalue weighted by atomic mass is 9.74. The summed E-state index contributed by atoms with van der Waals surface area (Å²) < 4.78 is 15.8. The fraction of sp³-hybridized carbons (Fsp3) is 0.300. The molecule has 2 aromatic rings. The molecule has 1 aromatic heterocycles. The second-order valence-electron chi connectivity index (χ2n) is 5.86. The van der Waals surface area contributed by atoms with Crippen LogP contribution in [-0.2, 0) is 14.3 Å². The van der Waals surface area contributed by atoms with E-state index in [2.05, 4.69) is 0 Å². The van der Waals surface area contributed by atoms with Crippen molar-refractivity contribution in [2.75, 3.05) is 13.7 Å². The third kappa shape index (κ3) is 3.50. The summed E-state index contributed by atoms with van der Waals surface area (Å²) in [7, 11) is 1.60. The van der Waals surface area contributed by atoms with E-state index in [1.54, 1.807) is 26.4 Å². The van der Waals surface area contributed by atoms with Crippen molar-refractivity contribution in [3.8, 4) is 5.75 Å². The molecule has 5 nitrogen and oxygen atoms in total. The van der Waals surface area contributed by atoms with Gasteiger partial charge in [-0.25, -0.2) is 0 Å². The number of benzene rings is 1. The normalized spacial score (nSPS) is 20.1. The first-order valence-corrected chi connectivity index (χ1v) is 8.23. The highest BCUT2D eigenvalue weighted by Gasteiger charge is 2.40. The molecular weight excluding hydrogens is 320 g/mol. The number of esters is 1. The summed E-state index contributed by atoms with van der Waals surface area (Å²) in [4.78, 5) is 25.1. The van der Waals surface area contributed by atoms with Crippen LogP contribution in [-0.4, -0.2) is 25.5 Å². The van der Waals surface area contributed by atoms with E-state index in [0.29, 0.717) is 12.2 Å². The lowest BCUT2D eigenvalue weighted by Crippen LogP contribution is -2.33. The Bertz CT molecular complexity index is 771. The maximum atomic E-state index is 12.7. The van der Waals surface area contributed by atoms with Gasteiger partial charge in [-0.3, -0.25) is 9.59 Å². The van der Waals surface area contributed by atoms with Crippen molar-refractivity contribution in [2.24, 2.45) is 5.92 Å². The number of carbonyl (C=O) groups excluding carboxylic acids is 2. The zero-order chi connectivity index (χ0) is 17.8. The van der Waals surface area contributed by atoms with Gasteiger partial charge in [0, 0.05) is 5.92 Å². The molecule has 1 aromatic carbocycles. The van der Waals surface area contributed by atoms with Crippen molar-refractivity contribution in [1.82, 2.24) is 0 Å². The quantitative estimate of drug-likeness (QED) is 0.614. The molecule has 0 fully saturated rings.